The number of benzene rings is 2. The van der Waals surface area contributed by atoms with E-state index in [9.17, 15) is 10.0 Å². The Bertz CT molecular complexity index is 766. The van der Waals surface area contributed by atoms with Crippen molar-refractivity contribution in [2.45, 2.75) is 24.8 Å². The first-order chi connectivity index (χ1) is 11.4. The second kappa shape index (κ2) is 6.39. The fourth-order valence-electron chi connectivity index (χ4n) is 2.78. The van der Waals surface area contributed by atoms with Crippen LogP contribution >= 0.6 is 11.8 Å². The fourth-order valence-corrected chi connectivity index (χ4v) is 4.09. The molecular weight excluding hydrogens is 322 g/mol. The quantitative estimate of drug-likeness (QED) is 0.820. The van der Waals surface area contributed by atoms with E-state index in [1.807, 2.05) is 67.6 Å². The van der Waals surface area contributed by atoms with Crippen LogP contribution in [0.25, 0.3) is 0 Å². The number of carbonyl (C=O) groups is 1. The number of nitrogens with zero attached hydrogens (tertiary/aromatic N) is 2. The predicted molar refractivity (Wildman–Crippen MR) is 95.0 cm³/mol. The van der Waals surface area contributed by atoms with Gasteiger partial charge in [-0.15, -0.1) is 0 Å². The zero-order chi connectivity index (χ0) is 17.2. The Morgan fingerprint density at radius 2 is 1.75 bits per heavy atom. The summed E-state index contributed by atoms with van der Waals surface area (Å²) in [5.74, 6) is -0.459. The summed E-state index contributed by atoms with van der Waals surface area (Å²) in [5, 5.41) is 16.5. The van der Waals surface area contributed by atoms with E-state index in [1.54, 1.807) is 0 Å². The molecule has 1 aliphatic rings. The van der Waals surface area contributed by atoms with E-state index < -0.39 is 15.5 Å². The van der Waals surface area contributed by atoms with Crippen molar-refractivity contribution in [3.05, 3.63) is 71.8 Å². The first-order valence-corrected chi connectivity index (χ1v) is 8.51. The van der Waals surface area contributed by atoms with Gasteiger partial charge in [0.15, 0.2) is 11.6 Å². The highest BCUT2D eigenvalue weighted by Crippen LogP contribution is 2.47. The number of rotatable bonds is 5. The van der Waals surface area contributed by atoms with Crippen LogP contribution in [0.4, 0.5) is 0 Å². The first kappa shape index (κ1) is 16.7. The molecule has 0 bridgehead atoms. The zero-order valence-corrected chi connectivity index (χ0v) is 14.2. The summed E-state index contributed by atoms with van der Waals surface area (Å²) in [6.45, 7) is 2.10. The van der Waals surface area contributed by atoms with Crippen LogP contribution in [0.15, 0.2) is 65.8 Å². The van der Waals surface area contributed by atoms with E-state index in [1.165, 1.54) is 11.8 Å². The molecule has 24 heavy (non-hydrogen) atoms. The van der Waals surface area contributed by atoms with Crippen molar-refractivity contribution in [1.29, 1.82) is 0 Å². The van der Waals surface area contributed by atoms with E-state index in [4.69, 9.17) is 5.73 Å². The van der Waals surface area contributed by atoms with Crippen molar-refractivity contribution in [1.82, 2.24) is 0 Å². The van der Waals surface area contributed by atoms with Gasteiger partial charge in [0.2, 0.25) is 10.8 Å². The molecule has 124 valence electrons. The first-order valence-electron chi connectivity index (χ1n) is 7.70. The monoisotopic (exact) mass is 342 g/mol. The van der Waals surface area contributed by atoms with Crippen LogP contribution in [0.3, 0.4) is 0 Å². The molecular formula is C18H20N3O2S+. The Morgan fingerprint density at radius 1 is 1.17 bits per heavy atom. The fraction of sp³-hybridized carbons (Fsp3) is 0.222. The second-order valence-corrected chi connectivity index (χ2v) is 7.54. The third-order valence-corrected chi connectivity index (χ3v) is 5.49. The molecule has 0 saturated heterocycles. The molecule has 2 aromatic rings. The number of thioether (sulfide) groups is 1. The Morgan fingerprint density at radius 3 is 2.33 bits per heavy atom. The van der Waals surface area contributed by atoms with Gasteiger partial charge >= 0.3 is 0 Å². The lowest BCUT2D eigenvalue weighted by Gasteiger charge is -2.34. The van der Waals surface area contributed by atoms with Gasteiger partial charge in [0.05, 0.1) is 6.42 Å². The van der Waals surface area contributed by atoms with Gasteiger partial charge < -0.3 is 5.73 Å². The van der Waals surface area contributed by atoms with Crippen molar-refractivity contribution in [3.8, 4) is 0 Å². The standard InChI is InChI=1S/C18H19N3O2S/c1-18(12-16(19)22)21(23,13-14-8-4-2-5-9-14)20-17(24-18)15-10-6-3-7-11-15/h2-11,23H,12-13H2,1H3,(H-,19,22)/p+1. The largest absolute Gasteiger partial charge is 0.369 e. The minimum absolute atomic E-state index is 0.0286. The average molecular weight is 342 g/mol. The maximum absolute atomic E-state index is 11.6. The van der Waals surface area contributed by atoms with Crippen LogP contribution in [-0.4, -0.2) is 25.8 Å². The van der Waals surface area contributed by atoms with Crippen molar-refractivity contribution in [2.24, 2.45) is 10.8 Å². The molecule has 0 saturated carbocycles. The average Bonchev–Trinajstić information content (AvgIpc) is 2.79. The maximum Gasteiger partial charge on any atom is 0.224 e. The molecule has 3 rings (SSSR count). The number of primary amides is 1. The summed E-state index contributed by atoms with van der Waals surface area (Å²) in [4.78, 5) is 10.7. The number of hydrogen-bond acceptors (Lipinski definition) is 4. The summed E-state index contributed by atoms with van der Waals surface area (Å²) in [7, 11) is 0. The van der Waals surface area contributed by atoms with Gasteiger partial charge in [-0.1, -0.05) is 60.7 Å². The van der Waals surface area contributed by atoms with E-state index in [2.05, 4.69) is 5.10 Å². The third-order valence-electron chi connectivity index (χ3n) is 4.10. The second-order valence-electron chi connectivity index (χ2n) is 6.07. The number of nitrogens with two attached hydrogens (primary N) is 1. The van der Waals surface area contributed by atoms with Crippen LogP contribution in [0.5, 0.6) is 0 Å². The third kappa shape index (κ3) is 3.21. The minimum atomic E-state index is -0.868. The molecule has 3 N–H and O–H groups in total. The molecule has 1 heterocycles. The van der Waals surface area contributed by atoms with Crippen molar-refractivity contribution >= 4 is 22.7 Å². The summed E-state index contributed by atoms with van der Waals surface area (Å²) >= 11 is 1.39. The van der Waals surface area contributed by atoms with E-state index in [0.29, 0.717) is 5.04 Å². The lowest BCUT2D eigenvalue weighted by molar-refractivity contribution is -1.14. The Hall–Kier alpha value is -2.15. The van der Waals surface area contributed by atoms with E-state index in [-0.39, 0.29) is 13.0 Å². The topological polar surface area (TPSA) is 75.7 Å². The van der Waals surface area contributed by atoms with E-state index in [0.717, 1.165) is 11.1 Å². The van der Waals surface area contributed by atoms with Gasteiger partial charge in [0, 0.05) is 18.1 Å². The van der Waals surface area contributed by atoms with Gasteiger partial charge in [-0.3, -0.25) is 4.79 Å². The molecule has 2 atom stereocenters. The molecule has 0 spiro atoms. The molecule has 2 aromatic carbocycles. The molecule has 6 heteroatoms. The van der Waals surface area contributed by atoms with Crippen molar-refractivity contribution in [3.63, 3.8) is 0 Å². The Labute approximate surface area is 145 Å². The number of amides is 1. The molecule has 1 aliphatic heterocycles. The smallest absolute Gasteiger partial charge is 0.224 e. The maximum atomic E-state index is 11.6. The van der Waals surface area contributed by atoms with Gasteiger partial charge in [0.25, 0.3) is 0 Å². The highest BCUT2D eigenvalue weighted by molar-refractivity contribution is 8.15. The normalized spacial score (nSPS) is 26.2. The highest BCUT2D eigenvalue weighted by Gasteiger charge is 2.57. The van der Waals surface area contributed by atoms with Crippen LogP contribution in [-0.2, 0) is 11.3 Å². The summed E-state index contributed by atoms with van der Waals surface area (Å²) in [6.07, 6.45) is 0.0286. The minimum Gasteiger partial charge on any atom is -0.369 e. The molecule has 0 aliphatic carbocycles. The zero-order valence-electron chi connectivity index (χ0n) is 13.4. The SMILES string of the molecule is CC1(CC(N)=O)SC(c2ccccc2)=N[N+]1(O)Cc1ccccc1. The van der Waals surface area contributed by atoms with Crippen molar-refractivity contribution in [2.75, 3.05) is 0 Å². The van der Waals surface area contributed by atoms with Crippen LogP contribution in [0, 0.1) is 0 Å². The van der Waals surface area contributed by atoms with Gasteiger partial charge in [-0.05, 0) is 21.6 Å². The summed E-state index contributed by atoms with van der Waals surface area (Å²) in [6, 6.07) is 19.3. The van der Waals surface area contributed by atoms with Gasteiger partial charge in [-0.2, -0.15) is 5.21 Å². The number of hydroxylamine groups is 2. The molecule has 5 nitrogen and oxygen atoms in total. The lowest BCUT2D eigenvalue weighted by atomic mass is 10.1. The molecule has 0 radical (unpaired) electrons. The lowest BCUT2D eigenvalue weighted by Crippen LogP contribution is -2.53. The highest BCUT2D eigenvalue weighted by atomic mass is 32.2. The number of quaternary nitrogens is 1. The Balaban J connectivity index is 1.99. The molecule has 1 amide bonds. The number of carbonyl (C=O) groups excluding carboxylic acids is 1. The van der Waals surface area contributed by atoms with Crippen LogP contribution in [0.2, 0.25) is 0 Å². The van der Waals surface area contributed by atoms with Gasteiger partial charge in [-0.25, -0.2) is 0 Å². The number of hydrogen-bond donors (Lipinski definition) is 2. The predicted octanol–water partition coefficient (Wildman–Crippen LogP) is 3.09. The van der Waals surface area contributed by atoms with Crippen LogP contribution < -0.4 is 5.73 Å². The molecule has 0 aromatic heterocycles. The Kier molecular flexibility index (Phi) is 4.45. The molecule has 2 unspecified atom stereocenters. The van der Waals surface area contributed by atoms with Crippen molar-refractivity contribution < 1.29 is 14.8 Å². The summed E-state index contributed by atoms with van der Waals surface area (Å²) in [5.41, 5.74) is 7.29. The molecule has 0 fully saturated rings. The van der Waals surface area contributed by atoms with Gasteiger partial charge in [0.1, 0.15) is 0 Å². The van der Waals surface area contributed by atoms with Crippen LogP contribution in [0.1, 0.15) is 24.5 Å². The van der Waals surface area contributed by atoms with E-state index >= 15 is 0 Å². The summed E-state index contributed by atoms with van der Waals surface area (Å²) < 4.78 is -0.602.